The topological polar surface area (TPSA) is 86.8 Å². The van der Waals surface area contributed by atoms with E-state index < -0.39 is 28.5 Å². The van der Waals surface area contributed by atoms with Crippen LogP contribution in [0.4, 0.5) is 5.69 Å². The minimum Gasteiger partial charge on any atom is -0.352 e. The number of anilines is 1. The van der Waals surface area contributed by atoms with Gasteiger partial charge < -0.3 is 10.2 Å². The van der Waals surface area contributed by atoms with E-state index in [2.05, 4.69) is 5.32 Å². The molecule has 0 aliphatic heterocycles. The molecule has 0 heterocycles. The molecule has 0 saturated heterocycles. The van der Waals surface area contributed by atoms with Gasteiger partial charge in [-0.15, -0.1) is 0 Å². The summed E-state index contributed by atoms with van der Waals surface area (Å²) in [5, 5.41) is 3.59. The fraction of sp³-hybridized carbons (Fsp3) is 0.462. The highest BCUT2D eigenvalue weighted by Crippen LogP contribution is 2.28. The predicted molar refractivity (Wildman–Crippen MR) is 145 cm³/mol. The standard InChI is InChI=1S/C26H33Cl2N3O4S/c1-4-24(26(33)29-22-11-7-8-12-22)30(16-19-10-6-5-9-18(19)2)25(32)17-31(36(3,34)35)23-14-20(27)13-21(28)15-23/h5-6,9-10,13-15,22,24H,4,7-8,11-12,16-17H2,1-3H3,(H,29,33)/t24-/m0/s1. The molecule has 2 amide bonds. The monoisotopic (exact) mass is 553 g/mol. The highest BCUT2D eigenvalue weighted by atomic mass is 35.5. The Bertz CT molecular complexity index is 1180. The van der Waals surface area contributed by atoms with Gasteiger partial charge in [0, 0.05) is 22.6 Å². The van der Waals surface area contributed by atoms with E-state index in [0.717, 1.165) is 47.4 Å². The van der Waals surface area contributed by atoms with Crippen LogP contribution in [0.15, 0.2) is 42.5 Å². The van der Waals surface area contributed by atoms with Gasteiger partial charge in [0.25, 0.3) is 0 Å². The third-order valence-electron chi connectivity index (χ3n) is 6.50. The zero-order chi connectivity index (χ0) is 26.5. The second kappa shape index (κ2) is 12.3. The van der Waals surface area contributed by atoms with Gasteiger partial charge in [-0.2, -0.15) is 0 Å². The Morgan fingerprint density at radius 2 is 1.69 bits per heavy atom. The summed E-state index contributed by atoms with van der Waals surface area (Å²) in [5.74, 6) is -0.712. The van der Waals surface area contributed by atoms with Crippen LogP contribution in [0.5, 0.6) is 0 Å². The molecule has 36 heavy (non-hydrogen) atoms. The van der Waals surface area contributed by atoms with Gasteiger partial charge >= 0.3 is 0 Å². The zero-order valence-electron chi connectivity index (χ0n) is 20.8. The molecule has 1 aliphatic carbocycles. The summed E-state index contributed by atoms with van der Waals surface area (Å²) >= 11 is 12.2. The average molecular weight is 555 g/mol. The van der Waals surface area contributed by atoms with Crippen molar-refractivity contribution < 1.29 is 18.0 Å². The normalized spacial score (nSPS) is 14.9. The van der Waals surface area contributed by atoms with Crippen molar-refractivity contribution in [2.75, 3.05) is 17.1 Å². The summed E-state index contributed by atoms with van der Waals surface area (Å²) in [6.45, 7) is 3.47. The number of sulfonamides is 1. The van der Waals surface area contributed by atoms with Crippen LogP contribution in [-0.4, -0.2) is 50.0 Å². The number of halogens is 2. The minimum atomic E-state index is -3.86. The van der Waals surface area contributed by atoms with Gasteiger partial charge in [0.2, 0.25) is 21.8 Å². The lowest BCUT2D eigenvalue weighted by Crippen LogP contribution is -2.53. The van der Waals surface area contributed by atoms with Crippen molar-refractivity contribution in [3.63, 3.8) is 0 Å². The molecule has 2 aromatic carbocycles. The smallest absolute Gasteiger partial charge is 0.244 e. The van der Waals surface area contributed by atoms with Crippen molar-refractivity contribution in [2.24, 2.45) is 0 Å². The first-order valence-electron chi connectivity index (χ1n) is 12.1. The summed E-state index contributed by atoms with van der Waals surface area (Å²) in [6, 6.07) is 11.3. The first-order chi connectivity index (χ1) is 17.0. The van der Waals surface area contributed by atoms with Crippen molar-refractivity contribution in [3.05, 3.63) is 63.6 Å². The second-order valence-electron chi connectivity index (χ2n) is 9.26. The van der Waals surface area contributed by atoms with Crippen LogP contribution in [0, 0.1) is 6.92 Å². The molecule has 1 aliphatic rings. The molecule has 0 spiro atoms. The van der Waals surface area contributed by atoms with Gasteiger partial charge in [-0.05, 0) is 55.5 Å². The molecular weight excluding hydrogens is 521 g/mol. The van der Waals surface area contributed by atoms with Crippen molar-refractivity contribution >= 4 is 50.7 Å². The number of aryl methyl sites for hydroxylation is 1. The summed E-state index contributed by atoms with van der Waals surface area (Å²) in [7, 11) is -3.86. The maximum atomic E-state index is 13.8. The Morgan fingerprint density at radius 1 is 1.08 bits per heavy atom. The third kappa shape index (κ3) is 7.37. The lowest BCUT2D eigenvalue weighted by molar-refractivity contribution is -0.140. The van der Waals surface area contributed by atoms with E-state index in [1.54, 1.807) is 0 Å². The molecule has 10 heteroatoms. The predicted octanol–water partition coefficient (Wildman–Crippen LogP) is 4.93. The number of nitrogens with zero attached hydrogens (tertiary/aromatic N) is 2. The van der Waals surface area contributed by atoms with Gasteiger partial charge in [0.05, 0.1) is 11.9 Å². The quantitative estimate of drug-likeness (QED) is 0.451. The molecule has 1 atom stereocenters. The van der Waals surface area contributed by atoms with Crippen LogP contribution in [0.25, 0.3) is 0 Å². The zero-order valence-corrected chi connectivity index (χ0v) is 23.2. The van der Waals surface area contributed by atoms with E-state index >= 15 is 0 Å². The molecular formula is C26H33Cl2N3O4S. The maximum absolute atomic E-state index is 13.8. The Hall–Kier alpha value is -2.29. The number of rotatable bonds is 10. The average Bonchev–Trinajstić information content (AvgIpc) is 3.30. The van der Waals surface area contributed by atoms with Crippen LogP contribution >= 0.6 is 23.2 Å². The van der Waals surface area contributed by atoms with Crippen LogP contribution in [0.1, 0.15) is 50.2 Å². The van der Waals surface area contributed by atoms with Crippen molar-refractivity contribution in [2.45, 2.75) is 64.6 Å². The summed E-state index contributed by atoms with van der Waals surface area (Å²) < 4.78 is 26.4. The van der Waals surface area contributed by atoms with Gasteiger partial charge in [-0.3, -0.25) is 13.9 Å². The maximum Gasteiger partial charge on any atom is 0.244 e. The lowest BCUT2D eigenvalue weighted by Gasteiger charge is -2.33. The number of carbonyl (C=O) groups excluding carboxylic acids is 2. The first kappa shape index (κ1) is 28.3. The molecule has 0 unspecified atom stereocenters. The van der Waals surface area contributed by atoms with Crippen molar-refractivity contribution in [1.82, 2.24) is 10.2 Å². The molecule has 1 fully saturated rings. The Kier molecular flexibility index (Phi) is 9.66. The Morgan fingerprint density at radius 3 is 2.25 bits per heavy atom. The molecule has 1 N–H and O–H groups in total. The molecule has 0 radical (unpaired) electrons. The first-order valence-corrected chi connectivity index (χ1v) is 14.7. The number of carbonyl (C=O) groups is 2. The van der Waals surface area contributed by atoms with E-state index in [4.69, 9.17) is 23.2 Å². The molecule has 7 nitrogen and oxygen atoms in total. The van der Waals surface area contributed by atoms with Crippen molar-refractivity contribution in [1.29, 1.82) is 0 Å². The molecule has 0 bridgehead atoms. The molecule has 2 aromatic rings. The highest BCUT2D eigenvalue weighted by molar-refractivity contribution is 7.92. The van der Waals surface area contributed by atoms with Gasteiger partial charge in [-0.25, -0.2) is 8.42 Å². The SMILES string of the molecule is CC[C@@H](C(=O)NC1CCCC1)N(Cc1ccccc1C)C(=O)CN(c1cc(Cl)cc(Cl)c1)S(C)(=O)=O. The molecule has 3 rings (SSSR count). The summed E-state index contributed by atoms with van der Waals surface area (Å²) in [4.78, 5) is 28.6. The molecule has 196 valence electrons. The fourth-order valence-electron chi connectivity index (χ4n) is 4.56. The number of amides is 2. The van der Waals surface area contributed by atoms with E-state index in [1.807, 2.05) is 38.1 Å². The van der Waals surface area contributed by atoms with Crippen LogP contribution < -0.4 is 9.62 Å². The van der Waals surface area contributed by atoms with Gasteiger partial charge in [0.15, 0.2) is 0 Å². The largest absolute Gasteiger partial charge is 0.352 e. The molecule has 1 saturated carbocycles. The van der Waals surface area contributed by atoms with E-state index in [1.165, 1.54) is 23.1 Å². The number of hydrogen-bond donors (Lipinski definition) is 1. The molecule has 0 aromatic heterocycles. The van der Waals surface area contributed by atoms with E-state index in [9.17, 15) is 18.0 Å². The highest BCUT2D eigenvalue weighted by Gasteiger charge is 2.33. The summed E-state index contributed by atoms with van der Waals surface area (Å²) in [5.41, 5.74) is 2.04. The number of nitrogens with one attached hydrogen (secondary N) is 1. The van der Waals surface area contributed by atoms with Crippen LogP contribution in [0.2, 0.25) is 10.0 Å². The summed E-state index contributed by atoms with van der Waals surface area (Å²) in [6.07, 6.45) is 5.39. The van der Waals surface area contributed by atoms with Crippen LogP contribution in [-0.2, 0) is 26.2 Å². The second-order valence-corrected chi connectivity index (χ2v) is 12.0. The fourth-order valence-corrected chi connectivity index (χ4v) is 5.90. The Labute approximate surface area is 223 Å². The van der Waals surface area contributed by atoms with Gasteiger partial charge in [0.1, 0.15) is 12.6 Å². The van der Waals surface area contributed by atoms with Crippen LogP contribution in [0.3, 0.4) is 0 Å². The Balaban J connectivity index is 1.95. The lowest BCUT2D eigenvalue weighted by atomic mass is 10.1. The number of benzene rings is 2. The van der Waals surface area contributed by atoms with E-state index in [-0.39, 0.29) is 34.2 Å². The number of hydrogen-bond acceptors (Lipinski definition) is 4. The van der Waals surface area contributed by atoms with Crippen molar-refractivity contribution in [3.8, 4) is 0 Å². The third-order valence-corrected chi connectivity index (χ3v) is 8.08. The minimum absolute atomic E-state index is 0.100. The van der Waals surface area contributed by atoms with Gasteiger partial charge in [-0.1, -0.05) is 67.2 Å². The van der Waals surface area contributed by atoms with E-state index in [0.29, 0.717) is 6.42 Å².